The Labute approximate surface area is 208 Å². The van der Waals surface area contributed by atoms with E-state index in [1.807, 2.05) is 24.3 Å². The van der Waals surface area contributed by atoms with Crippen LogP contribution in [0.4, 0.5) is 17.2 Å². The Balaban J connectivity index is 1.22. The van der Waals surface area contributed by atoms with E-state index in [-0.39, 0.29) is 5.91 Å². The minimum Gasteiger partial charge on any atom is -0.352 e. The number of sulfonamides is 1. The summed E-state index contributed by atoms with van der Waals surface area (Å²) in [5.74, 6) is 0.734. The van der Waals surface area contributed by atoms with Crippen LogP contribution in [0.15, 0.2) is 65.7 Å². The van der Waals surface area contributed by atoms with E-state index in [0.717, 1.165) is 48.1 Å². The fourth-order valence-corrected chi connectivity index (χ4v) is 7.15. The average Bonchev–Trinajstić information content (AvgIpc) is 3.23. The highest BCUT2D eigenvalue weighted by molar-refractivity contribution is 7.97. The van der Waals surface area contributed by atoms with Crippen molar-refractivity contribution in [1.29, 1.82) is 0 Å². The summed E-state index contributed by atoms with van der Waals surface area (Å²) in [6, 6.07) is 16.8. The Bertz CT molecular complexity index is 1390. The van der Waals surface area contributed by atoms with Crippen molar-refractivity contribution in [2.75, 3.05) is 46.5 Å². The number of hydrogen-bond donors (Lipinski definition) is 0. The molecule has 1 fully saturated rings. The van der Waals surface area contributed by atoms with Crippen molar-refractivity contribution < 1.29 is 13.2 Å². The number of piperazine rings is 1. The third-order valence-electron chi connectivity index (χ3n) is 6.59. The SMILES string of the molecule is CS(=O)(=O)N1c2ccccc2C(=O)N2c3ccc(SN4CCN(c5cccnn5)CC4)cc3CC21. The van der Waals surface area contributed by atoms with Gasteiger partial charge in [-0.25, -0.2) is 17.0 Å². The minimum atomic E-state index is -3.58. The first-order valence-corrected chi connectivity index (χ1v) is 14.0. The van der Waals surface area contributed by atoms with Gasteiger partial charge in [0.15, 0.2) is 5.82 Å². The Morgan fingerprint density at radius 3 is 2.51 bits per heavy atom. The van der Waals surface area contributed by atoms with E-state index in [1.54, 1.807) is 47.3 Å². The molecular formula is C24H24N6O3S2. The number of carbonyl (C=O) groups excluding carboxylic acids is 1. The normalized spacial score (nSPS) is 20.0. The molecule has 3 aliphatic heterocycles. The Hall–Kier alpha value is -3.15. The summed E-state index contributed by atoms with van der Waals surface area (Å²) in [4.78, 5) is 18.3. The lowest BCUT2D eigenvalue weighted by atomic mass is 10.1. The summed E-state index contributed by atoms with van der Waals surface area (Å²) in [5, 5.41) is 8.17. The molecule has 3 aromatic rings. The molecule has 0 N–H and O–H groups in total. The highest BCUT2D eigenvalue weighted by Gasteiger charge is 2.46. The first kappa shape index (κ1) is 22.3. The zero-order valence-corrected chi connectivity index (χ0v) is 20.7. The van der Waals surface area contributed by atoms with Crippen LogP contribution in [-0.2, 0) is 16.4 Å². The zero-order chi connectivity index (χ0) is 24.2. The number of para-hydroxylation sites is 1. The third kappa shape index (κ3) is 3.93. The lowest BCUT2D eigenvalue weighted by Gasteiger charge is -2.40. The lowest BCUT2D eigenvalue weighted by Crippen LogP contribution is -2.55. The standard InChI is InChI=1S/C24H24N6O3S2/c1-35(32,33)30-21-6-3-2-5-19(21)24(31)29-20-9-8-18(15-17(20)16-23(29)30)34-28-13-11-27(12-14-28)22-7-4-10-25-26-22/h2-10,15,23H,11-14,16H2,1H3. The maximum absolute atomic E-state index is 13.4. The molecule has 9 nitrogen and oxygen atoms in total. The van der Waals surface area contributed by atoms with Crippen LogP contribution in [0, 0.1) is 0 Å². The molecule has 6 rings (SSSR count). The third-order valence-corrected chi connectivity index (χ3v) is 8.83. The van der Waals surface area contributed by atoms with Crippen molar-refractivity contribution in [1.82, 2.24) is 14.5 Å². The molecule has 3 aliphatic rings. The van der Waals surface area contributed by atoms with Crippen LogP contribution in [-0.4, -0.2) is 67.4 Å². The molecule has 0 spiro atoms. The van der Waals surface area contributed by atoms with Gasteiger partial charge in [0.1, 0.15) is 6.17 Å². The molecule has 1 unspecified atom stereocenters. The van der Waals surface area contributed by atoms with Gasteiger partial charge in [0.25, 0.3) is 5.91 Å². The summed E-state index contributed by atoms with van der Waals surface area (Å²) in [7, 11) is -3.58. The second kappa shape index (κ2) is 8.51. The summed E-state index contributed by atoms with van der Waals surface area (Å²) < 4.78 is 29.3. The molecule has 2 aromatic carbocycles. The lowest BCUT2D eigenvalue weighted by molar-refractivity contribution is 0.0976. The number of nitrogens with zero attached hydrogens (tertiary/aromatic N) is 6. The van der Waals surface area contributed by atoms with Gasteiger partial charge in [-0.3, -0.25) is 9.69 Å². The second-order valence-corrected chi connectivity index (χ2v) is 11.8. The molecule has 4 heterocycles. The Morgan fingerprint density at radius 1 is 0.971 bits per heavy atom. The van der Waals surface area contributed by atoms with Gasteiger partial charge in [-0.2, -0.15) is 5.10 Å². The molecule has 0 radical (unpaired) electrons. The quantitative estimate of drug-likeness (QED) is 0.497. The number of carbonyl (C=O) groups is 1. The maximum Gasteiger partial charge on any atom is 0.262 e. The van der Waals surface area contributed by atoms with Crippen molar-refractivity contribution in [2.45, 2.75) is 17.5 Å². The average molecular weight is 509 g/mol. The number of amides is 1. The van der Waals surface area contributed by atoms with E-state index in [9.17, 15) is 13.2 Å². The Morgan fingerprint density at radius 2 is 1.77 bits per heavy atom. The van der Waals surface area contributed by atoms with Crippen LogP contribution in [0.25, 0.3) is 0 Å². The smallest absolute Gasteiger partial charge is 0.262 e. The predicted molar refractivity (Wildman–Crippen MR) is 136 cm³/mol. The van der Waals surface area contributed by atoms with E-state index >= 15 is 0 Å². The van der Waals surface area contributed by atoms with Crippen molar-refractivity contribution in [3.63, 3.8) is 0 Å². The monoisotopic (exact) mass is 508 g/mol. The fourth-order valence-electron chi connectivity index (χ4n) is 5.05. The van der Waals surface area contributed by atoms with Crippen molar-refractivity contribution in [2.24, 2.45) is 0 Å². The number of benzene rings is 2. The topological polar surface area (TPSA) is 90.0 Å². The molecule has 0 bridgehead atoms. The van der Waals surface area contributed by atoms with Gasteiger partial charge < -0.3 is 4.90 Å². The summed E-state index contributed by atoms with van der Waals surface area (Å²) >= 11 is 1.69. The largest absolute Gasteiger partial charge is 0.352 e. The van der Waals surface area contributed by atoms with Crippen LogP contribution in [0.1, 0.15) is 15.9 Å². The molecule has 35 heavy (non-hydrogen) atoms. The van der Waals surface area contributed by atoms with Crippen LogP contribution in [0.5, 0.6) is 0 Å². The molecule has 1 aromatic heterocycles. The minimum absolute atomic E-state index is 0.162. The number of rotatable bonds is 4. The molecule has 1 atom stereocenters. The number of fused-ring (bicyclic) bond motifs is 4. The van der Waals surface area contributed by atoms with Gasteiger partial charge in [-0.05, 0) is 60.0 Å². The zero-order valence-electron chi connectivity index (χ0n) is 19.1. The van der Waals surface area contributed by atoms with Crippen LogP contribution in [0.3, 0.4) is 0 Å². The molecule has 11 heteroatoms. The molecule has 0 saturated carbocycles. The van der Waals surface area contributed by atoms with Crippen LogP contribution in [0.2, 0.25) is 0 Å². The van der Waals surface area contributed by atoms with Crippen LogP contribution < -0.4 is 14.1 Å². The van der Waals surface area contributed by atoms with Gasteiger partial charge in [0.2, 0.25) is 10.0 Å². The van der Waals surface area contributed by atoms with Crippen molar-refractivity contribution in [3.05, 3.63) is 71.9 Å². The summed E-state index contributed by atoms with van der Waals surface area (Å²) in [6.45, 7) is 3.48. The van der Waals surface area contributed by atoms with E-state index in [4.69, 9.17) is 0 Å². The number of anilines is 3. The molecule has 1 saturated heterocycles. The molecule has 0 aliphatic carbocycles. The van der Waals surface area contributed by atoms with Crippen molar-refractivity contribution in [3.8, 4) is 0 Å². The number of hydrogen-bond acceptors (Lipinski definition) is 8. The first-order chi connectivity index (χ1) is 16.9. The predicted octanol–water partition coefficient (Wildman–Crippen LogP) is 2.61. The number of aromatic nitrogens is 2. The van der Waals surface area contributed by atoms with E-state index < -0.39 is 16.2 Å². The van der Waals surface area contributed by atoms with E-state index in [2.05, 4.69) is 25.5 Å². The van der Waals surface area contributed by atoms with Crippen molar-refractivity contribution >= 4 is 45.1 Å². The van der Waals surface area contributed by atoms with E-state index in [0.29, 0.717) is 17.7 Å². The fraction of sp³-hybridized carbons (Fsp3) is 0.292. The van der Waals surface area contributed by atoms with Gasteiger partial charge in [-0.1, -0.05) is 12.1 Å². The Kier molecular flexibility index (Phi) is 5.42. The first-order valence-electron chi connectivity index (χ1n) is 11.4. The molecular weight excluding hydrogens is 484 g/mol. The second-order valence-electron chi connectivity index (χ2n) is 8.82. The van der Waals surface area contributed by atoms with E-state index in [1.165, 1.54) is 10.6 Å². The summed E-state index contributed by atoms with van der Waals surface area (Å²) in [5.41, 5.74) is 2.61. The van der Waals surface area contributed by atoms with Gasteiger partial charge in [0, 0.05) is 49.4 Å². The highest BCUT2D eigenvalue weighted by atomic mass is 32.2. The van der Waals surface area contributed by atoms with Gasteiger partial charge >= 0.3 is 0 Å². The highest BCUT2D eigenvalue weighted by Crippen LogP contribution is 2.44. The molecule has 1 amide bonds. The maximum atomic E-state index is 13.4. The van der Waals surface area contributed by atoms with Gasteiger partial charge in [0.05, 0.1) is 17.5 Å². The van der Waals surface area contributed by atoms with Gasteiger partial charge in [-0.15, -0.1) is 5.10 Å². The molecule has 180 valence electrons. The van der Waals surface area contributed by atoms with Crippen LogP contribution >= 0.6 is 11.9 Å². The summed E-state index contributed by atoms with van der Waals surface area (Å²) in [6.07, 6.45) is 2.75.